The third-order valence-electron chi connectivity index (χ3n) is 2.09. The van der Waals surface area contributed by atoms with Gasteiger partial charge in [-0.3, -0.25) is 5.73 Å². The highest BCUT2D eigenvalue weighted by atomic mass is 32.1. The van der Waals surface area contributed by atoms with Crippen molar-refractivity contribution in [2.45, 2.75) is 12.6 Å². The average Bonchev–Trinajstić information content (AvgIpc) is 2.65. The molecule has 1 aromatic rings. The summed E-state index contributed by atoms with van der Waals surface area (Å²) in [4.78, 5) is 8.34. The Morgan fingerprint density at radius 2 is 2.36 bits per heavy atom. The number of hydrogen-bond donors (Lipinski definition) is 3. The third-order valence-corrected chi connectivity index (χ3v) is 2.99. The van der Waals surface area contributed by atoms with Crippen LogP contribution in [0.25, 0.3) is 0 Å². The summed E-state index contributed by atoms with van der Waals surface area (Å²) >= 11 is 1.47. The zero-order valence-corrected chi connectivity index (χ0v) is 8.51. The monoisotopic (exact) mass is 209 g/mol. The van der Waals surface area contributed by atoms with E-state index in [1.54, 1.807) is 12.4 Å². The number of guanidine groups is 1. The molecule has 0 spiro atoms. The molecule has 14 heavy (non-hydrogen) atoms. The van der Waals surface area contributed by atoms with Crippen molar-refractivity contribution < 1.29 is 0 Å². The minimum atomic E-state index is -0.899. The summed E-state index contributed by atoms with van der Waals surface area (Å²) in [6.07, 6.45) is 3.46. The molecule has 1 atom stereocenters. The molecule has 5 nitrogen and oxygen atoms in total. The lowest BCUT2D eigenvalue weighted by atomic mass is 10.0. The van der Waals surface area contributed by atoms with Gasteiger partial charge >= 0.3 is 0 Å². The van der Waals surface area contributed by atoms with E-state index >= 15 is 0 Å². The van der Waals surface area contributed by atoms with Crippen molar-refractivity contribution in [3.63, 3.8) is 0 Å². The smallest absolute Gasteiger partial charge is 0.195 e. The van der Waals surface area contributed by atoms with Crippen LogP contribution in [0.5, 0.6) is 0 Å². The van der Waals surface area contributed by atoms with Crippen LogP contribution in [0.3, 0.4) is 0 Å². The van der Waals surface area contributed by atoms with Gasteiger partial charge in [-0.15, -0.1) is 11.3 Å². The Balaban J connectivity index is 2.48. The molecule has 1 aliphatic heterocycles. The van der Waals surface area contributed by atoms with Crippen molar-refractivity contribution >= 4 is 17.3 Å². The molecule has 74 valence electrons. The Hall–Kier alpha value is -1.40. The van der Waals surface area contributed by atoms with E-state index in [9.17, 15) is 0 Å². The molecule has 1 aromatic heterocycles. The lowest BCUT2D eigenvalue weighted by Crippen LogP contribution is -2.45. The quantitative estimate of drug-likeness (QED) is 0.611. The van der Waals surface area contributed by atoms with Gasteiger partial charge in [-0.25, -0.2) is 9.98 Å². The zero-order valence-electron chi connectivity index (χ0n) is 7.69. The lowest BCUT2D eigenvalue weighted by Gasteiger charge is -2.27. The van der Waals surface area contributed by atoms with E-state index in [-0.39, 0.29) is 0 Å². The first-order chi connectivity index (χ1) is 6.63. The van der Waals surface area contributed by atoms with Gasteiger partial charge < -0.3 is 11.1 Å². The molecule has 0 saturated heterocycles. The maximum Gasteiger partial charge on any atom is 0.195 e. The van der Waals surface area contributed by atoms with Gasteiger partial charge in [0.1, 0.15) is 5.01 Å². The first-order valence-electron chi connectivity index (χ1n) is 4.11. The van der Waals surface area contributed by atoms with Gasteiger partial charge in [-0.1, -0.05) is 0 Å². The fourth-order valence-electron chi connectivity index (χ4n) is 1.23. The highest BCUT2D eigenvalue weighted by Crippen LogP contribution is 2.30. The van der Waals surface area contributed by atoms with E-state index in [1.165, 1.54) is 11.3 Å². The van der Waals surface area contributed by atoms with Crippen molar-refractivity contribution in [2.24, 2.45) is 16.5 Å². The fraction of sp³-hybridized carbons (Fsp3) is 0.250. The molecule has 0 amide bonds. The van der Waals surface area contributed by atoms with Gasteiger partial charge in [-0.2, -0.15) is 0 Å². The molecule has 0 fully saturated rings. The van der Waals surface area contributed by atoms with Crippen LogP contribution in [0.1, 0.15) is 11.9 Å². The van der Waals surface area contributed by atoms with Crippen LogP contribution in [0.2, 0.25) is 0 Å². The molecule has 0 bridgehead atoms. The number of aromatic nitrogens is 1. The first-order valence-corrected chi connectivity index (χ1v) is 4.99. The van der Waals surface area contributed by atoms with Crippen molar-refractivity contribution in [3.8, 4) is 0 Å². The second-order valence-electron chi connectivity index (χ2n) is 3.07. The number of thiazole rings is 1. The van der Waals surface area contributed by atoms with Crippen LogP contribution >= 0.6 is 11.3 Å². The fourth-order valence-corrected chi connectivity index (χ4v) is 1.99. The zero-order chi connectivity index (χ0) is 10.2. The van der Waals surface area contributed by atoms with Crippen LogP contribution in [-0.2, 0) is 5.66 Å². The van der Waals surface area contributed by atoms with Crippen LogP contribution in [0.15, 0.2) is 28.3 Å². The number of aliphatic imine (C=N–C) groups is 1. The molecule has 0 aliphatic carbocycles. The number of nitrogens with two attached hydrogens (primary N) is 2. The highest BCUT2D eigenvalue weighted by molar-refractivity contribution is 7.09. The van der Waals surface area contributed by atoms with E-state index in [4.69, 9.17) is 11.5 Å². The first kappa shape index (κ1) is 9.17. The second-order valence-corrected chi connectivity index (χ2v) is 3.97. The maximum absolute atomic E-state index is 6.13. The highest BCUT2D eigenvalue weighted by Gasteiger charge is 2.34. The van der Waals surface area contributed by atoms with Gasteiger partial charge in [0, 0.05) is 17.8 Å². The molecule has 2 rings (SSSR count). The number of rotatable bonds is 1. The van der Waals surface area contributed by atoms with Crippen LogP contribution < -0.4 is 16.8 Å². The summed E-state index contributed by atoms with van der Waals surface area (Å²) in [7, 11) is 0. The van der Waals surface area contributed by atoms with Gasteiger partial charge in [-0.05, 0) is 12.5 Å². The Bertz CT molecular complexity index is 394. The molecule has 1 unspecified atom stereocenters. The maximum atomic E-state index is 6.13. The van der Waals surface area contributed by atoms with Gasteiger partial charge in [0.2, 0.25) is 0 Å². The molecular weight excluding hydrogens is 198 g/mol. The Kier molecular flexibility index (Phi) is 2.01. The van der Waals surface area contributed by atoms with Crippen LogP contribution in [0.4, 0.5) is 0 Å². The number of hydrogen-bond acceptors (Lipinski definition) is 6. The molecule has 1 aliphatic rings. The van der Waals surface area contributed by atoms with Crippen molar-refractivity contribution in [1.29, 1.82) is 0 Å². The number of nitrogens with one attached hydrogen (secondary N) is 1. The average molecular weight is 209 g/mol. The van der Waals surface area contributed by atoms with E-state index in [2.05, 4.69) is 15.3 Å². The van der Waals surface area contributed by atoms with E-state index < -0.39 is 5.66 Å². The topological polar surface area (TPSA) is 89.3 Å². The second kappa shape index (κ2) is 3.07. The van der Waals surface area contributed by atoms with Crippen LogP contribution in [-0.4, -0.2) is 10.9 Å². The SMILES string of the molecule is CC1=CNC(N)=NC1(N)c1nccs1. The van der Waals surface area contributed by atoms with Gasteiger partial charge in [0.15, 0.2) is 11.6 Å². The molecule has 6 heteroatoms. The van der Waals surface area contributed by atoms with Crippen molar-refractivity contribution in [1.82, 2.24) is 10.3 Å². The van der Waals surface area contributed by atoms with E-state index in [0.717, 1.165) is 10.6 Å². The standard InChI is InChI=1S/C8H11N5S/c1-5-4-12-7(9)13-8(5,10)6-11-2-3-14-6/h2-4H,10H2,1H3,(H3,9,12,13). The van der Waals surface area contributed by atoms with Crippen molar-refractivity contribution in [3.05, 3.63) is 28.4 Å². The molecule has 0 saturated carbocycles. The largest absolute Gasteiger partial charge is 0.370 e. The Labute approximate surface area is 85.5 Å². The minimum Gasteiger partial charge on any atom is -0.370 e. The summed E-state index contributed by atoms with van der Waals surface area (Å²) < 4.78 is 0. The summed E-state index contributed by atoms with van der Waals surface area (Å²) in [5, 5.41) is 5.42. The molecule has 0 radical (unpaired) electrons. The minimum absolute atomic E-state index is 0.313. The van der Waals surface area contributed by atoms with E-state index in [0.29, 0.717) is 5.96 Å². The Morgan fingerprint density at radius 1 is 1.57 bits per heavy atom. The Morgan fingerprint density at radius 3 is 3.00 bits per heavy atom. The van der Waals surface area contributed by atoms with E-state index in [1.807, 2.05) is 12.3 Å². The van der Waals surface area contributed by atoms with Gasteiger partial charge in [0.05, 0.1) is 0 Å². The normalized spacial score (nSPS) is 26.4. The molecular formula is C8H11N5S. The summed E-state index contributed by atoms with van der Waals surface area (Å²) in [6.45, 7) is 1.89. The summed E-state index contributed by atoms with van der Waals surface area (Å²) in [5.41, 5.74) is 11.7. The van der Waals surface area contributed by atoms with Gasteiger partial charge in [0.25, 0.3) is 0 Å². The lowest BCUT2D eigenvalue weighted by molar-refractivity contribution is 0.537. The third kappa shape index (κ3) is 1.28. The van der Waals surface area contributed by atoms with Crippen LogP contribution in [0, 0.1) is 0 Å². The summed E-state index contributed by atoms with van der Waals surface area (Å²) in [5.74, 6) is 0.313. The number of nitrogens with zero attached hydrogens (tertiary/aromatic N) is 2. The molecule has 0 aromatic carbocycles. The molecule has 2 heterocycles. The molecule has 5 N–H and O–H groups in total. The predicted molar refractivity (Wildman–Crippen MR) is 56.5 cm³/mol. The summed E-state index contributed by atoms with van der Waals surface area (Å²) in [6, 6.07) is 0. The van der Waals surface area contributed by atoms with Crippen molar-refractivity contribution in [2.75, 3.05) is 0 Å². The predicted octanol–water partition coefficient (Wildman–Crippen LogP) is 0.0763.